The number of nitrogens with zero attached hydrogens (tertiary/aromatic N) is 1. The molecule has 6 nitrogen and oxygen atoms in total. The van der Waals surface area contributed by atoms with E-state index in [1.165, 1.54) is 18.2 Å². The number of ether oxygens (including phenoxy) is 1. The largest absolute Gasteiger partial charge is 0.483 e. The average molecular weight is 405 g/mol. The van der Waals surface area contributed by atoms with E-state index >= 15 is 0 Å². The monoisotopic (exact) mass is 404 g/mol. The molecule has 0 aromatic heterocycles. The van der Waals surface area contributed by atoms with Gasteiger partial charge >= 0.3 is 0 Å². The van der Waals surface area contributed by atoms with Gasteiger partial charge in [0.05, 0.1) is 4.92 Å². The summed E-state index contributed by atoms with van der Waals surface area (Å²) < 4.78 is 6.42. The maximum atomic E-state index is 12.0. The van der Waals surface area contributed by atoms with Crippen LogP contribution in [0, 0.1) is 17.0 Å². The van der Waals surface area contributed by atoms with Gasteiger partial charge in [-0.05, 0) is 37.1 Å². The fourth-order valence-electron chi connectivity index (χ4n) is 2.15. The Labute approximate surface area is 153 Å². The van der Waals surface area contributed by atoms with Crippen molar-refractivity contribution in [1.82, 2.24) is 0 Å². The van der Waals surface area contributed by atoms with Crippen molar-refractivity contribution in [3.63, 3.8) is 0 Å². The summed E-state index contributed by atoms with van der Waals surface area (Å²) in [7, 11) is 0. The topological polar surface area (TPSA) is 81.5 Å². The Balaban J connectivity index is 2.04. The Morgan fingerprint density at radius 2 is 2.12 bits per heavy atom. The van der Waals surface area contributed by atoms with E-state index in [1.807, 2.05) is 19.1 Å². The van der Waals surface area contributed by atoms with Gasteiger partial charge in [-0.1, -0.05) is 28.1 Å². The van der Waals surface area contributed by atoms with Gasteiger partial charge in [-0.3, -0.25) is 14.9 Å². The number of benzene rings is 2. The first-order valence-electron chi connectivity index (χ1n) is 7.47. The van der Waals surface area contributed by atoms with Crippen molar-refractivity contribution in [2.45, 2.75) is 13.3 Å². The number of nitrogens with one attached hydrogen (secondary N) is 1. The lowest BCUT2D eigenvalue weighted by Gasteiger charge is -2.11. The third kappa shape index (κ3) is 5.15. The second kappa shape index (κ2) is 8.43. The maximum Gasteiger partial charge on any atom is 0.269 e. The Kier molecular flexibility index (Phi) is 6.30. The van der Waals surface area contributed by atoms with Crippen LogP contribution in [-0.4, -0.2) is 17.4 Å². The predicted octanol–water partition coefficient (Wildman–Crippen LogP) is 4.41. The highest BCUT2D eigenvalue weighted by atomic mass is 79.9. The number of carbonyl (C=O) groups is 1. The lowest BCUT2D eigenvalue weighted by atomic mass is 10.1. The average Bonchev–Trinajstić information content (AvgIpc) is 2.57. The van der Waals surface area contributed by atoms with Gasteiger partial charge in [0.25, 0.3) is 11.6 Å². The lowest BCUT2D eigenvalue weighted by Crippen LogP contribution is -2.20. The summed E-state index contributed by atoms with van der Waals surface area (Å²) in [4.78, 5) is 22.4. The summed E-state index contributed by atoms with van der Waals surface area (Å²) in [6.45, 7) is 5.38. The third-order valence-electron chi connectivity index (χ3n) is 3.43. The van der Waals surface area contributed by atoms with Gasteiger partial charge in [0.2, 0.25) is 0 Å². The van der Waals surface area contributed by atoms with Crippen molar-refractivity contribution in [2.24, 2.45) is 0 Å². The zero-order valence-corrected chi connectivity index (χ0v) is 15.2. The van der Waals surface area contributed by atoms with E-state index in [-0.39, 0.29) is 18.2 Å². The molecule has 0 fully saturated rings. The molecular formula is C18H17BrN2O4. The van der Waals surface area contributed by atoms with Gasteiger partial charge in [0, 0.05) is 27.9 Å². The van der Waals surface area contributed by atoms with E-state index in [0.29, 0.717) is 23.4 Å². The van der Waals surface area contributed by atoms with Crippen molar-refractivity contribution in [3.05, 3.63) is 74.8 Å². The molecule has 2 aromatic rings. The molecule has 0 saturated carbocycles. The number of anilines is 1. The van der Waals surface area contributed by atoms with E-state index in [0.717, 1.165) is 10.0 Å². The quantitative estimate of drug-likeness (QED) is 0.420. The van der Waals surface area contributed by atoms with Crippen molar-refractivity contribution in [2.75, 3.05) is 11.9 Å². The summed E-state index contributed by atoms with van der Waals surface area (Å²) in [5.74, 6) is 0.101. The molecule has 0 bridgehead atoms. The number of aryl methyl sites for hydroxylation is 1. The highest BCUT2D eigenvalue weighted by Gasteiger charge is 2.12. The molecule has 0 heterocycles. The van der Waals surface area contributed by atoms with Crippen molar-refractivity contribution >= 4 is 33.2 Å². The minimum absolute atomic E-state index is 0.0295. The fraction of sp³-hybridized carbons (Fsp3) is 0.167. The van der Waals surface area contributed by atoms with Gasteiger partial charge in [-0.25, -0.2) is 0 Å². The molecule has 130 valence electrons. The number of non-ortho nitro benzene ring substituents is 1. The van der Waals surface area contributed by atoms with E-state index in [4.69, 9.17) is 4.74 Å². The third-order valence-corrected chi connectivity index (χ3v) is 4.29. The van der Waals surface area contributed by atoms with Crippen LogP contribution in [-0.2, 0) is 11.2 Å². The molecule has 0 radical (unpaired) electrons. The molecule has 25 heavy (non-hydrogen) atoms. The van der Waals surface area contributed by atoms with Gasteiger partial charge in [-0.2, -0.15) is 0 Å². The summed E-state index contributed by atoms with van der Waals surface area (Å²) >= 11 is 3.41. The Morgan fingerprint density at radius 3 is 2.76 bits per heavy atom. The Morgan fingerprint density at radius 1 is 1.36 bits per heavy atom. The van der Waals surface area contributed by atoms with E-state index < -0.39 is 4.92 Å². The maximum absolute atomic E-state index is 12.0. The zero-order chi connectivity index (χ0) is 18.4. The van der Waals surface area contributed by atoms with E-state index in [1.54, 1.807) is 12.1 Å². The molecule has 1 N–H and O–H groups in total. The van der Waals surface area contributed by atoms with Crippen LogP contribution in [0.3, 0.4) is 0 Å². The van der Waals surface area contributed by atoms with E-state index in [9.17, 15) is 14.9 Å². The van der Waals surface area contributed by atoms with Crippen LogP contribution in [0.4, 0.5) is 11.4 Å². The molecule has 0 atom stereocenters. The summed E-state index contributed by atoms with van der Waals surface area (Å²) in [5, 5.41) is 13.6. The number of hydrogen-bond acceptors (Lipinski definition) is 4. The molecule has 0 aliphatic heterocycles. The number of halogens is 1. The van der Waals surface area contributed by atoms with Crippen LogP contribution in [0.1, 0.15) is 11.1 Å². The van der Waals surface area contributed by atoms with Gasteiger partial charge in [0.15, 0.2) is 6.61 Å². The standard InChI is InChI=1S/C18H17BrN2O4/c1-3-4-13-9-15(21(23)24)7-8-17(13)25-11-18(22)20-14-6-5-12(2)16(19)10-14/h3,5-10H,1,4,11H2,2H3,(H,20,22). The molecule has 2 aromatic carbocycles. The van der Waals surface area contributed by atoms with Crippen molar-refractivity contribution < 1.29 is 14.5 Å². The molecule has 0 spiro atoms. The van der Waals surface area contributed by atoms with Crippen molar-refractivity contribution in [1.29, 1.82) is 0 Å². The lowest BCUT2D eigenvalue weighted by molar-refractivity contribution is -0.384. The summed E-state index contributed by atoms with van der Waals surface area (Å²) in [6.07, 6.45) is 2.03. The second-order valence-corrected chi connectivity index (χ2v) is 6.20. The van der Waals surface area contributed by atoms with E-state index in [2.05, 4.69) is 27.8 Å². The fourth-order valence-corrected chi connectivity index (χ4v) is 2.53. The number of allylic oxidation sites excluding steroid dienone is 1. The van der Waals surface area contributed by atoms with Crippen LogP contribution in [0.5, 0.6) is 5.75 Å². The molecule has 0 aliphatic carbocycles. The zero-order valence-electron chi connectivity index (χ0n) is 13.6. The first-order chi connectivity index (χ1) is 11.9. The predicted molar refractivity (Wildman–Crippen MR) is 100 cm³/mol. The number of amides is 1. The number of carbonyl (C=O) groups excluding carboxylic acids is 1. The van der Waals surface area contributed by atoms with Gasteiger partial charge in [-0.15, -0.1) is 6.58 Å². The number of nitro benzene ring substituents is 1. The van der Waals surface area contributed by atoms with Crippen molar-refractivity contribution in [3.8, 4) is 5.75 Å². The normalized spacial score (nSPS) is 10.2. The second-order valence-electron chi connectivity index (χ2n) is 5.34. The molecule has 1 amide bonds. The summed E-state index contributed by atoms with van der Waals surface area (Å²) in [5.41, 5.74) is 2.29. The molecule has 0 aliphatic rings. The van der Waals surface area contributed by atoms with Crippen LogP contribution in [0.2, 0.25) is 0 Å². The first-order valence-corrected chi connectivity index (χ1v) is 8.27. The first kappa shape index (κ1) is 18.7. The van der Waals surface area contributed by atoms with Gasteiger partial charge < -0.3 is 10.1 Å². The van der Waals surface area contributed by atoms with Crippen LogP contribution >= 0.6 is 15.9 Å². The van der Waals surface area contributed by atoms with Crippen LogP contribution < -0.4 is 10.1 Å². The number of nitro groups is 1. The number of hydrogen-bond donors (Lipinski definition) is 1. The van der Waals surface area contributed by atoms with Crippen LogP contribution in [0.25, 0.3) is 0 Å². The highest BCUT2D eigenvalue weighted by Crippen LogP contribution is 2.25. The molecular weight excluding hydrogens is 388 g/mol. The molecule has 0 saturated heterocycles. The minimum Gasteiger partial charge on any atom is -0.483 e. The SMILES string of the molecule is C=CCc1cc([N+](=O)[O-])ccc1OCC(=O)Nc1ccc(C)c(Br)c1. The Hall–Kier alpha value is -2.67. The molecule has 0 unspecified atom stereocenters. The summed E-state index contributed by atoms with van der Waals surface area (Å²) in [6, 6.07) is 9.75. The molecule has 7 heteroatoms. The van der Waals surface area contributed by atoms with Gasteiger partial charge in [0.1, 0.15) is 5.75 Å². The molecule has 2 rings (SSSR count). The smallest absolute Gasteiger partial charge is 0.269 e. The van der Waals surface area contributed by atoms with Crippen LogP contribution in [0.15, 0.2) is 53.5 Å². The Bertz CT molecular complexity index is 821. The minimum atomic E-state index is -0.474. The number of rotatable bonds is 7. The highest BCUT2D eigenvalue weighted by molar-refractivity contribution is 9.10.